The van der Waals surface area contributed by atoms with E-state index in [1.807, 2.05) is 0 Å². The topological polar surface area (TPSA) is 43.4 Å². The van der Waals surface area contributed by atoms with E-state index in [1.165, 1.54) is 0 Å². The van der Waals surface area contributed by atoms with Crippen LogP contribution in [0.4, 0.5) is 0 Å². The van der Waals surface area contributed by atoms with Crippen molar-refractivity contribution < 1.29 is 73.7 Å². The van der Waals surface area contributed by atoms with E-state index in [0.29, 0.717) is 0 Å². The van der Waals surface area contributed by atoms with Crippen molar-refractivity contribution in [2.45, 2.75) is 0 Å². The van der Waals surface area contributed by atoms with Crippen LogP contribution in [0.1, 0.15) is 0 Å². The molecule has 28 valence electrons. The first-order chi connectivity index (χ1) is 2.41. The number of rotatable bonds is 2. The van der Waals surface area contributed by atoms with E-state index in [2.05, 4.69) is -2.50 Å². The van der Waals surface area contributed by atoms with Gasteiger partial charge in [-0.15, -0.1) is 0 Å². The minimum absolute atomic E-state index is 1.85. The van der Waals surface area contributed by atoms with Crippen LogP contribution in [0.3, 0.4) is 0 Å². The molecule has 0 aromatic heterocycles. The Kier molecular flexibility index (Phi) is 9.02. The van der Waals surface area contributed by atoms with Gasteiger partial charge in [-0.1, -0.05) is 0 Å². The van der Waals surface area contributed by atoms with Crippen LogP contribution in [0.5, 0.6) is 0 Å². The van der Waals surface area contributed by atoms with Crippen molar-refractivity contribution in [3.05, 3.63) is 0 Å². The average Bonchev–Trinajstić information content (AvgIpc) is 1.41. The standard InChI is InChI=1S/3O.2Pm. The SMILES string of the molecule is [O]=[Pm][O][Pm]=[O]. The molecule has 0 atom stereocenters. The second-order valence-electron chi connectivity index (χ2n) is 0.231. The maximum absolute atomic E-state index is 9.33. The van der Waals surface area contributed by atoms with Crippen molar-refractivity contribution in [1.82, 2.24) is 0 Å². The van der Waals surface area contributed by atoms with Crippen LogP contribution in [-0.2, 0) is -0.284 Å². The third-order valence-corrected chi connectivity index (χ3v) is 3.67. The molecular formula is O3Pm2. The van der Waals surface area contributed by atoms with E-state index in [0.717, 1.165) is 0 Å². The Morgan fingerprint density at radius 1 is 1.20 bits per heavy atom. The predicted octanol–water partition coefficient (Wildman–Crippen LogP) is -0.306. The molecule has 0 unspecified atom stereocenters. The van der Waals surface area contributed by atoms with E-state index in [9.17, 15) is 2.21 Å². The molecule has 0 radical (unpaired) electrons. The average molecular weight is 338 g/mol. The van der Waals surface area contributed by atoms with Gasteiger partial charge in [0.2, 0.25) is 0 Å². The summed E-state index contributed by atoms with van der Waals surface area (Å²) in [5, 5.41) is 0. The van der Waals surface area contributed by atoms with Gasteiger partial charge in [0, 0.05) is 0 Å². The summed E-state index contributed by atoms with van der Waals surface area (Å²) in [6.07, 6.45) is 0. The van der Waals surface area contributed by atoms with Gasteiger partial charge in [0.1, 0.15) is 0 Å². The van der Waals surface area contributed by atoms with E-state index in [4.69, 9.17) is 0 Å². The summed E-state index contributed by atoms with van der Waals surface area (Å²) in [6, 6.07) is 0. The van der Waals surface area contributed by atoms with Crippen LogP contribution in [0.2, 0.25) is 0 Å². The molecule has 0 N–H and O–H groups in total. The first-order valence-corrected chi connectivity index (χ1v) is 5.42. The van der Waals surface area contributed by atoms with Crippen LogP contribution in [-0.4, -0.2) is 0 Å². The van der Waals surface area contributed by atoms with Crippen LogP contribution in [0.25, 0.3) is 0 Å². The molecule has 0 heterocycles. The molecule has 0 spiro atoms. The molecule has 0 aromatic rings. The minimum atomic E-state index is -1.85. The Balaban J connectivity index is 2.65. The van der Waals surface area contributed by atoms with E-state index >= 15 is 0 Å². The molecule has 0 saturated heterocycles. The zero-order valence-corrected chi connectivity index (χ0v) is 7.86. The first-order valence-electron chi connectivity index (χ1n) is 0.730. The van der Waals surface area contributed by atoms with Crippen molar-refractivity contribution in [3.63, 3.8) is 0 Å². The molecule has 0 bridgehead atoms. The fourth-order valence-corrected chi connectivity index (χ4v) is 0.748. The summed E-state index contributed by atoms with van der Waals surface area (Å²) in [5.41, 5.74) is 0. The zero-order valence-electron chi connectivity index (χ0n) is 2.12. The molecule has 5 heavy (non-hydrogen) atoms. The monoisotopic (exact) mass is 338 g/mol. The summed E-state index contributed by atoms with van der Waals surface area (Å²) in [7, 11) is 0. The van der Waals surface area contributed by atoms with Crippen LogP contribution in [0.15, 0.2) is 0 Å². The van der Waals surface area contributed by atoms with Gasteiger partial charge < -0.3 is 0 Å². The van der Waals surface area contributed by atoms with Gasteiger partial charge in [0.15, 0.2) is 0 Å². The molecule has 0 aliphatic carbocycles. The predicted molar refractivity (Wildman–Crippen MR) is 2.46 cm³/mol. The summed E-state index contributed by atoms with van der Waals surface area (Å²) in [6.45, 7) is 0. The molecule has 0 aliphatic rings. The van der Waals surface area contributed by atoms with Crippen molar-refractivity contribution in [3.8, 4) is 0 Å². The van der Waals surface area contributed by atoms with Gasteiger partial charge >= 0.3 is 73.7 Å². The second kappa shape index (κ2) is 6.24. The Morgan fingerprint density at radius 3 is 1.60 bits per heavy atom. The van der Waals surface area contributed by atoms with Gasteiger partial charge in [-0.05, 0) is 0 Å². The van der Waals surface area contributed by atoms with Crippen molar-refractivity contribution in [1.29, 1.82) is 0 Å². The molecule has 0 aromatic carbocycles. The Hall–Kier alpha value is 2.24. The third kappa shape index (κ3) is 6.24. The molecular weight excluding hydrogens is 338 g/mol. The van der Waals surface area contributed by atoms with E-state index in [1.54, 1.807) is 0 Å². The van der Waals surface area contributed by atoms with Gasteiger partial charge in [-0.3, -0.25) is 0 Å². The van der Waals surface area contributed by atoms with Crippen LogP contribution in [0, 0.1) is 74.0 Å². The van der Waals surface area contributed by atoms with E-state index in [-0.39, 0.29) is 0 Å². The van der Waals surface area contributed by atoms with Crippen LogP contribution < -0.4 is 0 Å². The quantitative estimate of drug-likeness (QED) is 0.694. The molecule has 0 fully saturated rings. The first kappa shape index (κ1) is 7.24. The number of hydrogen-bond acceptors (Lipinski definition) is 3. The van der Waals surface area contributed by atoms with Gasteiger partial charge in [-0.2, -0.15) is 0 Å². The Bertz CT molecular complexity index is 34.2. The Morgan fingerprint density at radius 2 is 1.60 bits per heavy atom. The maximum atomic E-state index is 9.33. The molecule has 3 nitrogen and oxygen atoms in total. The summed E-state index contributed by atoms with van der Waals surface area (Å²) < 4.78 is 22.8. The van der Waals surface area contributed by atoms with Gasteiger partial charge in [0.25, 0.3) is 0 Å². The normalized spacial score (nSPS) is 6.40. The van der Waals surface area contributed by atoms with E-state index < -0.39 is 74.0 Å². The summed E-state index contributed by atoms with van der Waals surface area (Å²) in [5.74, 6) is 0. The summed E-state index contributed by atoms with van der Waals surface area (Å²) in [4.78, 5) is 0. The molecule has 5 heteroatoms. The van der Waals surface area contributed by atoms with Gasteiger partial charge in [-0.25, -0.2) is 0 Å². The summed E-state index contributed by atoms with van der Waals surface area (Å²) >= 11 is -3.69. The molecule has 0 amide bonds. The molecule has 0 rings (SSSR count). The third-order valence-electron chi connectivity index (χ3n) is 0.0667. The molecule has 0 aliphatic heterocycles. The zero-order chi connectivity index (χ0) is 4.12. The second-order valence-corrected chi connectivity index (χ2v) is 5.60. The fourth-order valence-electron chi connectivity index (χ4n) is 0.0136. The van der Waals surface area contributed by atoms with Crippen molar-refractivity contribution in [2.75, 3.05) is 0 Å². The van der Waals surface area contributed by atoms with Gasteiger partial charge in [0.05, 0.1) is 0 Å². The Labute approximate surface area is 71.5 Å². The van der Waals surface area contributed by atoms with Crippen molar-refractivity contribution >= 4 is 0 Å². The van der Waals surface area contributed by atoms with Crippen molar-refractivity contribution in [2.24, 2.45) is 0 Å². The fraction of sp³-hybridized carbons (Fsp3) is 0. The van der Waals surface area contributed by atoms with Crippen LogP contribution >= 0.6 is 0 Å². The number of hydrogen-bond donors (Lipinski definition) is 0. The molecule has 0 saturated carbocycles.